The van der Waals surface area contributed by atoms with Gasteiger partial charge in [-0.25, -0.2) is 0 Å². The summed E-state index contributed by atoms with van der Waals surface area (Å²) in [4.78, 5) is 26.5. The lowest BCUT2D eigenvalue weighted by Crippen LogP contribution is -2.29. The predicted octanol–water partition coefficient (Wildman–Crippen LogP) is 3.72. The number of amides is 1. The molecule has 0 spiro atoms. The summed E-state index contributed by atoms with van der Waals surface area (Å²) in [5, 5.41) is 14.0. The van der Waals surface area contributed by atoms with Gasteiger partial charge in [-0.15, -0.1) is 11.8 Å². The van der Waals surface area contributed by atoms with Crippen LogP contribution in [-0.2, 0) is 0 Å². The molecule has 0 aliphatic carbocycles. The minimum absolute atomic E-state index is 0.0586. The van der Waals surface area contributed by atoms with E-state index in [0.717, 1.165) is 42.3 Å². The number of hydrogen-bond acceptors (Lipinski definition) is 5. The van der Waals surface area contributed by atoms with Crippen LogP contribution < -0.4 is 10.2 Å². The fourth-order valence-electron chi connectivity index (χ4n) is 3.00. The summed E-state index contributed by atoms with van der Waals surface area (Å²) in [7, 11) is 0. The summed E-state index contributed by atoms with van der Waals surface area (Å²) in [6.45, 7) is 2.25. The summed E-state index contributed by atoms with van der Waals surface area (Å²) < 4.78 is 0. The second kappa shape index (κ2) is 8.71. The van der Waals surface area contributed by atoms with E-state index < -0.39 is 4.92 Å². The summed E-state index contributed by atoms with van der Waals surface area (Å²) in [5.41, 5.74) is 1.10. The van der Waals surface area contributed by atoms with Gasteiger partial charge in [0.1, 0.15) is 0 Å². The number of benzene rings is 2. The van der Waals surface area contributed by atoms with Crippen molar-refractivity contribution >= 4 is 29.0 Å². The maximum absolute atomic E-state index is 12.6. The largest absolute Gasteiger partial charge is 0.371 e. The fraction of sp³-hybridized carbons (Fsp3) is 0.316. The number of nitrogens with zero attached hydrogens (tertiary/aromatic N) is 2. The van der Waals surface area contributed by atoms with Gasteiger partial charge in [-0.05, 0) is 31.0 Å². The fourth-order valence-corrected chi connectivity index (χ4v) is 3.79. The summed E-state index contributed by atoms with van der Waals surface area (Å²) in [6, 6.07) is 14.5. The van der Waals surface area contributed by atoms with Crippen LogP contribution in [0.3, 0.4) is 0 Å². The van der Waals surface area contributed by atoms with E-state index in [1.807, 2.05) is 30.3 Å². The van der Waals surface area contributed by atoms with Gasteiger partial charge in [0.15, 0.2) is 0 Å². The van der Waals surface area contributed by atoms with Gasteiger partial charge < -0.3 is 10.2 Å². The third kappa shape index (κ3) is 4.54. The third-order valence-corrected chi connectivity index (χ3v) is 5.30. The maximum atomic E-state index is 12.6. The molecule has 7 heteroatoms. The van der Waals surface area contributed by atoms with E-state index in [1.54, 1.807) is 17.8 Å². The second-order valence-electron chi connectivity index (χ2n) is 6.07. The van der Waals surface area contributed by atoms with Crippen molar-refractivity contribution in [3.8, 4) is 0 Å². The van der Waals surface area contributed by atoms with Crippen molar-refractivity contribution in [1.82, 2.24) is 5.32 Å². The molecule has 1 amide bonds. The molecule has 3 rings (SSSR count). The van der Waals surface area contributed by atoms with Gasteiger partial charge in [0.05, 0.1) is 16.2 Å². The van der Waals surface area contributed by atoms with Gasteiger partial charge in [0, 0.05) is 42.4 Å². The number of anilines is 1. The van der Waals surface area contributed by atoms with Crippen molar-refractivity contribution in [2.24, 2.45) is 0 Å². The second-order valence-corrected chi connectivity index (χ2v) is 7.24. The van der Waals surface area contributed by atoms with Crippen molar-refractivity contribution in [3.05, 3.63) is 64.2 Å². The minimum atomic E-state index is -0.463. The first-order valence-corrected chi connectivity index (χ1v) is 9.63. The molecule has 2 aromatic rings. The standard InChI is InChI=1S/C19H21N3O3S/c23-19(20-10-13-26-16-6-2-1-3-7-16)17-14-15(22(24)25)8-9-18(17)21-11-4-5-12-21/h1-3,6-9,14H,4-5,10-13H2,(H,20,23). The van der Waals surface area contributed by atoms with Crippen LogP contribution in [0.5, 0.6) is 0 Å². The molecule has 1 N–H and O–H groups in total. The molecule has 0 unspecified atom stereocenters. The lowest BCUT2D eigenvalue weighted by Gasteiger charge is -2.20. The Kier molecular flexibility index (Phi) is 6.12. The molecular weight excluding hydrogens is 350 g/mol. The first-order chi connectivity index (χ1) is 12.6. The van der Waals surface area contributed by atoms with E-state index in [9.17, 15) is 14.9 Å². The summed E-state index contributed by atoms with van der Waals surface area (Å²) >= 11 is 1.66. The Balaban J connectivity index is 1.66. The lowest BCUT2D eigenvalue weighted by molar-refractivity contribution is -0.384. The molecule has 1 aliphatic heterocycles. The topological polar surface area (TPSA) is 75.5 Å². The Hall–Kier alpha value is -2.54. The zero-order valence-corrected chi connectivity index (χ0v) is 15.2. The van der Waals surface area contributed by atoms with Gasteiger partial charge in [0.2, 0.25) is 0 Å². The number of carbonyl (C=O) groups is 1. The number of carbonyl (C=O) groups excluding carboxylic acids is 1. The smallest absolute Gasteiger partial charge is 0.270 e. The van der Waals surface area contributed by atoms with Crippen molar-refractivity contribution in [3.63, 3.8) is 0 Å². The Morgan fingerprint density at radius 2 is 1.88 bits per heavy atom. The highest BCUT2D eigenvalue weighted by Gasteiger charge is 2.22. The quantitative estimate of drug-likeness (QED) is 0.347. The monoisotopic (exact) mass is 371 g/mol. The Labute approximate surface area is 156 Å². The molecule has 0 aromatic heterocycles. The van der Waals surface area contributed by atoms with Gasteiger partial charge in [-0.3, -0.25) is 14.9 Å². The maximum Gasteiger partial charge on any atom is 0.270 e. The number of nitro benzene ring substituents is 1. The van der Waals surface area contributed by atoms with Gasteiger partial charge in [-0.2, -0.15) is 0 Å². The van der Waals surface area contributed by atoms with Crippen molar-refractivity contribution < 1.29 is 9.72 Å². The molecular formula is C19H21N3O3S. The zero-order chi connectivity index (χ0) is 18.4. The van der Waals surface area contributed by atoms with Gasteiger partial charge in [0.25, 0.3) is 11.6 Å². The van der Waals surface area contributed by atoms with E-state index in [4.69, 9.17) is 0 Å². The molecule has 1 saturated heterocycles. The predicted molar refractivity (Wildman–Crippen MR) is 104 cm³/mol. The molecule has 0 saturated carbocycles. The van der Waals surface area contributed by atoms with Crippen LogP contribution in [0.25, 0.3) is 0 Å². The van der Waals surface area contributed by atoms with E-state index >= 15 is 0 Å². The number of non-ortho nitro benzene ring substituents is 1. The van der Waals surface area contributed by atoms with E-state index in [2.05, 4.69) is 10.2 Å². The van der Waals surface area contributed by atoms with E-state index in [-0.39, 0.29) is 11.6 Å². The zero-order valence-electron chi connectivity index (χ0n) is 14.4. The first kappa shape index (κ1) is 18.3. The molecule has 0 bridgehead atoms. The van der Waals surface area contributed by atoms with Crippen LogP contribution in [0.4, 0.5) is 11.4 Å². The molecule has 136 valence electrons. The van der Waals surface area contributed by atoms with Crippen molar-refractivity contribution in [1.29, 1.82) is 0 Å². The molecule has 1 heterocycles. The molecule has 26 heavy (non-hydrogen) atoms. The lowest BCUT2D eigenvalue weighted by atomic mass is 10.1. The van der Waals surface area contributed by atoms with Crippen molar-refractivity contribution in [2.45, 2.75) is 17.7 Å². The number of thioether (sulfide) groups is 1. The van der Waals surface area contributed by atoms with Crippen LogP contribution in [0.1, 0.15) is 23.2 Å². The van der Waals surface area contributed by atoms with Gasteiger partial charge in [-0.1, -0.05) is 18.2 Å². The van der Waals surface area contributed by atoms with Crippen LogP contribution in [0.15, 0.2) is 53.4 Å². The van der Waals surface area contributed by atoms with E-state index in [1.165, 1.54) is 12.1 Å². The molecule has 0 radical (unpaired) electrons. The highest BCUT2D eigenvalue weighted by Crippen LogP contribution is 2.28. The number of nitrogens with one attached hydrogen (secondary N) is 1. The Morgan fingerprint density at radius 3 is 2.58 bits per heavy atom. The minimum Gasteiger partial charge on any atom is -0.371 e. The number of nitro groups is 1. The van der Waals surface area contributed by atoms with Crippen LogP contribution in [0.2, 0.25) is 0 Å². The third-order valence-electron chi connectivity index (χ3n) is 4.28. The van der Waals surface area contributed by atoms with Crippen LogP contribution in [-0.4, -0.2) is 36.2 Å². The van der Waals surface area contributed by atoms with Crippen molar-refractivity contribution in [2.75, 3.05) is 30.3 Å². The van der Waals surface area contributed by atoms with E-state index in [0.29, 0.717) is 12.1 Å². The normalized spacial score (nSPS) is 13.6. The van der Waals surface area contributed by atoms with Crippen LogP contribution in [0, 0.1) is 10.1 Å². The molecule has 1 aliphatic rings. The summed E-state index contributed by atoms with van der Waals surface area (Å²) in [5.74, 6) is 0.480. The average molecular weight is 371 g/mol. The highest BCUT2D eigenvalue weighted by molar-refractivity contribution is 7.99. The number of rotatable bonds is 7. The Morgan fingerprint density at radius 1 is 1.15 bits per heavy atom. The summed E-state index contributed by atoms with van der Waals surface area (Å²) in [6.07, 6.45) is 2.15. The molecule has 0 atom stereocenters. The molecule has 1 fully saturated rings. The van der Waals surface area contributed by atoms with Crippen LogP contribution >= 0.6 is 11.8 Å². The SMILES string of the molecule is O=C(NCCSc1ccccc1)c1cc([N+](=O)[O-])ccc1N1CCCC1. The van der Waals surface area contributed by atoms with Gasteiger partial charge >= 0.3 is 0 Å². The number of hydrogen-bond donors (Lipinski definition) is 1. The highest BCUT2D eigenvalue weighted by atomic mass is 32.2. The Bertz CT molecular complexity index is 777. The first-order valence-electron chi connectivity index (χ1n) is 8.64. The molecule has 6 nitrogen and oxygen atoms in total. The molecule has 2 aromatic carbocycles. The average Bonchev–Trinajstić information content (AvgIpc) is 3.20.